The molecule has 5 heteroatoms. The summed E-state index contributed by atoms with van der Waals surface area (Å²) in [6.07, 6.45) is 0.827. The van der Waals surface area contributed by atoms with E-state index in [1.807, 2.05) is 24.3 Å². The largest absolute Gasteiger partial charge is 0.336 e. The molecule has 0 N–H and O–H groups in total. The van der Waals surface area contributed by atoms with Crippen LogP contribution in [-0.4, -0.2) is 21.9 Å². The lowest BCUT2D eigenvalue weighted by Gasteiger charge is -2.29. The summed E-state index contributed by atoms with van der Waals surface area (Å²) in [5, 5.41) is 8.97. The number of hydrogen-bond acceptors (Lipinski definition) is 3. The van der Waals surface area contributed by atoms with Gasteiger partial charge in [0.25, 0.3) is 5.56 Å². The maximum atomic E-state index is 12.6. The standard InChI is InChI=1S/C18H17N3O2/c1-13-6-7-15(10-19)18(23)21(13)12-17(22)20-9-8-14-4-2-3-5-16(14)11-20/h2-7H,8-9,11-12H2,1H3. The van der Waals surface area contributed by atoms with Gasteiger partial charge in [0, 0.05) is 18.8 Å². The number of carbonyl (C=O) groups is 1. The third kappa shape index (κ3) is 2.88. The number of fused-ring (bicyclic) bond motifs is 1. The fourth-order valence-corrected chi connectivity index (χ4v) is 2.90. The number of hydrogen-bond donors (Lipinski definition) is 0. The van der Waals surface area contributed by atoms with Crippen LogP contribution in [0.3, 0.4) is 0 Å². The smallest absolute Gasteiger partial charge is 0.269 e. The minimum Gasteiger partial charge on any atom is -0.336 e. The van der Waals surface area contributed by atoms with Crippen LogP contribution in [0.5, 0.6) is 0 Å². The number of carbonyl (C=O) groups excluding carboxylic acids is 1. The molecule has 23 heavy (non-hydrogen) atoms. The molecule has 0 fully saturated rings. The summed E-state index contributed by atoms with van der Waals surface area (Å²) < 4.78 is 1.38. The molecule has 0 atom stereocenters. The van der Waals surface area contributed by atoms with Crippen LogP contribution in [0.1, 0.15) is 22.4 Å². The Morgan fingerprint density at radius 1 is 1.22 bits per heavy atom. The average molecular weight is 307 g/mol. The van der Waals surface area contributed by atoms with E-state index in [2.05, 4.69) is 6.07 Å². The Kier molecular flexibility index (Phi) is 3.98. The lowest BCUT2D eigenvalue weighted by Crippen LogP contribution is -2.40. The Morgan fingerprint density at radius 2 is 1.96 bits per heavy atom. The van der Waals surface area contributed by atoms with E-state index in [0.717, 1.165) is 12.0 Å². The fraction of sp³-hybridized carbons (Fsp3) is 0.278. The topological polar surface area (TPSA) is 66.1 Å². The van der Waals surface area contributed by atoms with E-state index in [9.17, 15) is 9.59 Å². The van der Waals surface area contributed by atoms with Gasteiger partial charge in [-0.25, -0.2) is 0 Å². The molecule has 1 aromatic carbocycles. The van der Waals surface area contributed by atoms with Crippen LogP contribution in [-0.2, 0) is 24.3 Å². The number of benzene rings is 1. The predicted molar refractivity (Wildman–Crippen MR) is 85.7 cm³/mol. The zero-order valence-electron chi connectivity index (χ0n) is 13.0. The Hall–Kier alpha value is -2.87. The molecule has 2 heterocycles. The van der Waals surface area contributed by atoms with Gasteiger partial charge in [0.2, 0.25) is 5.91 Å². The van der Waals surface area contributed by atoms with Crippen molar-refractivity contribution in [1.82, 2.24) is 9.47 Å². The van der Waals surface area contributed by atoms with Gasteiger partial charge in [-0.1, -0.05) is 24.3 Å². The predicted octanol–water partition coefficient (Wildman–Crippen LogP) is 1.61. The van der Waals surface area contributed by atoms with Crippen LogP contribution < -0.4 is 5.56 Å². The number of pyridine rings is 1. The van der Waals surface area contributed by atoms with Crippen LogP contribution >= 0.6 is 0 Å². The van der Waals surface area contributed by atoms with Crippen molar-refractivity contribution >= 4 is 5.91 Å². The summed E-state index contributed by atoms with van der Waals surface area (Å²) in [5.74, 6) is -0.0974. The molecule has 0 aliphatic carbocycles. The zero-order chi connectivity index (χ0) is 16.4. The van der Waals surface area contributed by atoms with Crippen molar-refractivity contribution in [2.45, 2.75) is 26.4 Å². The molecule has 3 rings (SSSR count). The van der Waals surface area contributed by atoms with Crippen molar-refractivity contribution in [1.29, 1.82) is 5.26 Å². The van der Waals surface area contributed by atoms with E-state index >= 15 is 0 Å². The quantitative estimate of drug-likeness (QED) is 0.846. The lowest BCUT2D eigenvalue weighted by molar-refractivity contribution is -0.132. The Labute approximate surface area is 134 Å². The van der Waals surface area contributed by atoms with Crippen molar-refractivity contribution in [2.75, 3.05) is 6.54 Å². The summed E-state index contributed by atoms with van der Waals surface area (Å²) in [6.45, 7) is 2.96. The molecule has 0 unspecified atom stereocenters. The molecule has 2 aromatic rings. The van der Waals surface area contributed by atoms with Crippen molar-refractivity contribution < 1.29 is 4.79 Å². The highest BCUT2D eigenvalue weighted by Gasteiger charge is 2.21. The number of nitriles is 1. The fourth-order valence-electron chi connectivity index (χ4n) is 2.90. The summed E-state index contributed by atoms with van der Waals surface area (Å²) in [5.41, 5.74) is 2.77. The van der Waals surface area contributed by atoms with E-state index in [1.54, 1.807) is 17.9 Å². The first-order valence-electron chi connectivity index (χ1n) is 7.55. The van der Waals surface area contributed by atoms with Crippen molar-refractivity contribution in [2.24, 2.45) is 0 Å². The van der Waals surface area contributed by atoms with Gasteiger partial charge < -0.3 is 9.47 Å². The van der Waals surface area contributed by atoms with Gasteiger partial charge in [-0.05, 0) is 36.6 Å². The van der Waals surface area contributed by atoms with Gasteiger partial charge in [-0.2, -0.15) is 5.26 Å². The highest BCUT2D eigenvalue weighted by atomic mass is 16.2. The molecule has 1 aromatic heterocycles. The van der Waals surface area contributed by atoms with E-state index in [1.165, 1.54) is 16.2 Å². The Bertz CT molecular complexity index is 861. The second kappa shape index (κ2) is 6.09. The highest BCUT2D eigenvalue weighted by Crippen LogP contribution is 2.18. The lowest BCUT2D eigenvalue weighted by atomic mass is 10.00. The number of nitrogens with zero attached hydrogens (tertiary/aromatic N) is 3. The van der Waals surface area contributed by atoms with Crippen LogP contribution in [0.15, 0.2) is 41.2 Å². The van der Waals surface area contributed by atoms with Crippen LogP contribution in [0.25, 0.3) is 0 Å². The second-order valence-electron chi connectivity index (χ2n) is 5.73. The Morgan fingerprint density at radius 3 is 2.70 bits per heavy atom. The molecule has 1 aliphatic heterocycles. The molecule has 0 radical (unpaired) electrons. The summed E-state index contributed by atoms with van der Waals surface area (Å²) in [4.78, 5) is 26.5. The van der Waals surface area contributed by atoms with E-state index < -0.39 is 5.56 Å². The monoisotopic (exact) mass is 307 g/mol. The average Bonchev–Trinajstić information content (AvgIpc) is 2.58. The van der Waals surface area contributed by atoms with Gasteiger partial charge in [-0.15, -0.1) is 0 Å². The molecule has 116 valence electrons. The first kappa shape index (κ1) is 15.0. The Balaban J connectivity index is 1.82. The van der Waals surface area contributed by atoms with Gasteiger partial charge >= 0.3 is 0 Å². The molecule has 0 spiro atoms. The van der Waals surface area contributed by atoms with E-state index in [0.29, 0.717) is 18.8 Å². The van der Waals surface area contributed by atoms with Gasteiger partial charge in [0.15, 0.2) is 0 Å². The van der Waals surface area contributed by atoms with Crippen molar-refractivity contribution in [3.63, 3.8) is 0 Å². The molecule has 0 saturated heterocycles. The summed E-state index contributed by atoms with van der Waals surface area (Å²) in [7, 11) is 0. The number of aryl methyl sites for hydroxylation is 1. The van der Waals surface area contributed by atoms with Crippen LogP contribution in [0, 0.1) is 18.3 Å². The van der Waals surface area contributed by atoms with E-state index in [-0.39, 0.29) is 18.0 Å². The zero-order valence-corrected chi connectivity index (χ0v) is 13.0. The third-order valence-electron chi connectivity index (χ3n) is 4.29. The van der Waals surface area contributed by atoms with Crippen LogP contribution in [0.4, 0.5) is 0 Å². The SMILES string of the molecule is Cc1ccc(C#N)c(=O)n1CC(=O)N1CCc2ccccc2C1. The normalized spacial score (nSPS) is 13.3. The molecular formula is C18H17N3O2. The number of rotatable bonds is 2. The summed E-state index contributed by atoms with van der Waals surface area (Å²) >= 11 is 0. The van der Waals surface area contributed by atoms with E-state index in [4.69, 9.17) is 5.26 Å². The van der Waals surface area contributed by atoms with Gasteiger partial charge in [0.1, 0.15) is 18.2 Å². The third-order valence-corrected chi connectivity index (χ3v) is 4.29. The highest BCUT2D eigenvalue weighted by molar-refractivity contribution is 5.76. The second-order valence-corrected chi connectivity index (χ2v) is 5.73. The molecular weight excluding hydrogens is 290 g/mol. The molecule has 0 bridgehead atoms. The molecule has 1 amide bonds. The number of amides is 1. The maximum absolute atomic E-state index is 12.6. The van der Waals surface area contributed by atoms with Crippen LogP contribution in [0.2, 0.25) is 0 Å². The van der Waals surface area contributed by atoms with Crippen molar-refractivity contribution in [3.05, 3.63) is 69.1 Å². The van der Waals surface area contributed by atoms with Gasteiger partial charge in [0.05, 0.1) is 0 Å². The molecule has 0 saturated carbocycles. The van der Waals surface area contributed by atoms with Crippen molar-refractivity contribution in [3.8, 4) is 6.07 Å². The summed E-state index contributed by atoms with van der Waals surface area (Å²) in [6, 6.07) is 13.2. The minimum atomic E-state index is -0.404. The maximum Gasteiger partial charge on any atom is 0.269 e. The minimum absolute atomic E-state index is 0.0254. The van der Waals surface area contributed by atoms with Gasteiger partial charge in [-0.3, -0.25) is 9.59 Å². The molecule has 5 nitrogen and oxygen atoms in total. The number of aromatic nitrogens is 1. The first-order valence-corrected chi connectivity index (χ1v) is 7.55. The first-order chi connectivity index (χ1) is 11.1. The molecule has 1 aliphatic rings.